The van der Waals surface area contributed by atoms with Crippen LogP contribution in [0, 0.1) is 29.6 Å². The van der Waals surface area contributed by atoms with Crippen molar-refractivity contribution in [2.45, 2.75) is 13.8 Å². The second-order valence-electron chi connectivity index (χ2n) is 5.33. The molecule has 2 N–H and O–H groups in total. The van der Waals surface area contributed by atoms with Gasteiger partial charge in [-0.15, -0.1) is 6.42 Å². The molecule has 0 spiro atoms. The Kier molecular flexibility index (Phi) is 3.07. The van der Waals surface area contributed by atoms with Crippen LogP contribution in [-0.4, -0.2) is 17.0 Å². The topological polar surface area (TPSA) is 66.4 Å². The van der Waals surface area contributed by atoms with Crippen molar-refractivity contribution in [1.29, 1.82) is 0 Å². The smallest absolute Gasteiger partial charge is 0.307 e. The first kappa shape index (κ1) is 13.2. The van der Waals surface area contributed by atoms with Gasteiger partial charge in [-0.2, -0.15) is 0 Å². The number of terminal acetylenes is 1. The van der Waals surface area contributed by atoms with Crippen LogP contribution < -0.4 is 5.32 Å². The second kappa shape index (κ2) is 4.43. The zero-order valence-electron chi connectivity index (χ0n) is 10.8. The summed E-state index contributed by atoms with van der Waals surface area (Å²) in [6, 6.07) is 6.92. The lowest BCUT2D eigenvalue weighted by Gasteiger charge is -2.06. The second-order valence-corrected chi connectivity index (χ2v) is 5.33. The van der Waals surface area contributed by atoms with E-state index in [4.69, 9.17) is 11.5 Å². The van der Waals surface area contributed by atoms with Crippen LogP contribution in [-0.2, 0) is 9.59 Å². The zero-order chi connectivity index (χ0) is 14.2. The molecule has 1 saturated carbocycles. The molecule has 19 heavy (non-hydrogen) atoms. The summed E-state index contributed by atoms with van der Waals surface area (Å²) in [6.45, 7) is 3.57. The number of carbonyl (C=O) groups excluding carboxylic acids is 1. The number of carboxylic acid groups (broad SMARTS) is 1. The maximum absolute atomic E-state index is 12.1. The summed E-state index contributed by atoms with van der Waals surface area (Å²) in [5.41, 5.74) is 0.759. The van der Waals surface area contributed by atoms with E-state index < -0.39 is 23.2 Å². The molecule has 98 valence electrons. The first-order chi connectivity index (χ1) is 8.87. The summed E-state index contributed by atoms with van der Waals surface area (Å²) in [5.74, 6) is 0.161. The highest BCUT2D eigenvalue weighted by Crippen LogP contribution is 2.58. The average Bonchev–Trinajstić information content (AvgIpc) is 2.93. The number of aliphatic carboxylic acids is 1. The van der Waals surface area contributed by atoms with Crippen molar-refractivity contribution in [2.24, 2.45) is 17.3 Å². The van der Waals surface area contributed by atoms with Gasteiger partial charge in [-0.1, -0.05) is 25.8 Å². The van der Waals surface area contributed by atoms with E-state index in [2.05, 4.69) is 11.2 Å². The van der Waals surface area contributed by atoms with E-state index in [1.165, 1.54) is 0 Å². The van der Waals surface area contributed by atoms with E-state index in [1.54, 1.807) is 38.1 Å². The summed E-state index contributed by atoms with van der Waals surface area (Å²) in [5, 5.41) is 11.8. The minimum absolute atomic E-state index is 0.272. The van der Waals surface area contributed by atoms with E-state index in [1.807, 2.05) is 0 Å². The fourth-order valence-electron chi connectivity index (χ4n) is 2.49. The number of carbonyl (C=O) groups is 2. The molecule has 1 aliphatic rings. The maximum atomic E-state index is 12.1. The van der Waals surface area contributed by atoms with Crippen LogP contribution in [0.4, 0.5) is 5.69 Å². The minimum atomic E-state index is -0.928. The first-order valence-corrected chi connectivity index (χ1v) is 5.98. The SMILES string of the molecule is C#Cc1cccc(NC(=O)[C@H]2[C@@H](C(=O)O)C2(C)C)c1. The monoisotopic (exact) mass is 257 g/mol. The highest BCUT2D eigenvalue weighted by atomic mass is 16.4. The highest BCUT2D eigenvalue weighted by Gasteiger charge is 2.65. The van der Waals surface area contributed by atoms with Crippen molar-refractivity contribution < 1.29 is 14.7 Å². The van der Waals surface area contributed by atoms with Gasteiger partial charge in [0.2, 0.25) is 5.91 Å². The van der Waals surface area contributed by atoms with E-state index in [9.17, 15) is 9.59 Å². The lowest BCUT2D eigenvalue weighted by atomic mass is 10.1. The molecule has 1 aromatic carbocycles. The van der Waals surface area contributed by atoms with Gasteiger partial charge in [0, 0.05) is 11.3 Å². The van der Waals surface area contributed by atoms with Crippen LogP contribution in [0.2, 0.25) is 0 Å². The lowest BCUT2D eigenvalue weighted by molar-refractivity contribution is -0.140. The van der Waals surface area contributed by atoms with Gasteiger partial charge in [-0.3, -0.25) is 9.59 Å². The van der Waals surface area contributed by atoms with Crippen LogP contribution in [0.1, 0.15) is 19.4 Å². The quantitative estimate of drug-likeness (QED) is 0.813. The van der Waals surface area contributed by atoms with Crippen molar-refractivity contribution in [3.05, 3.63) is 29.8 Å². The number of benzene rings is 1. The van der Waals surface area contributed by atoms with Gasteiger partial charge in [-0.25, -0.2) is 0 Å². The van der Waals surface area contributed by atoms with Gasteiger partial charge < -0.3 is 10.4 Å². The number of nitrogens with one attached hydrogen (secondary N) is 1. The third-order valence-electron chi connectivity index (χ3n) is 3.67. The number of anilines is 1. The summed E-state index contributed by atoms with van der Waals surface area (Å²) in [4.78, 5) is 23.1. The fraction of sp³-hybridized carbons (Fsp3) is 0.333. The first-order valence-electron chi connectivity index (χ1n) is 5.98. The lowest BCUT2D eigenvalue weighted by Crippen LogP contribution is -2.17. The predicted molar refractivity (Wildman–Crippen MR) is 71.4 cm³/mol. The Morgan fingerprint density at radius 1 is 1.37 bits per heavy atom. The van der Waals surface area contributed by atoms with Gasteiger partial charge in [0.1, 0.15) is 0 Å². The molecular weight excluding hydrogens is 242 g/mol. The molecule has 1 aliphatic carbocycles. The molecule has 0 aliphatic heterocycles. The average molecular weight is 257 g/mol. The molecule has 0 heterocycles. The molecule has 2 atom stereocenters. The Morgan fingerprint density at radius 2 is 2.05 bits per heavy atom. The van der Waals surface area contributed by atoms with E-state index >= 15 is 0 Å². The van der Waals surface area contributed by atoms with Gasteiger partial charge in [-0.05, 0) is 23.6 Å². The summed E-state index contributed by atoms with van der Waals surface area (Å²) in [6.07, 6.45) is 5.29. The van der Waals surface area contributed by atoms with E-state index in [0.29, 0.717) is 11.3 Å². The number of amides is 1. The van der Waals surface area contributed by atoms with E-state index in [0.717, 1.165) is 0 Å². The molecular formula is C15H15NO3. The van der Waals surface area contributed by atoms with Gasteiger partial charge in [0.25, 0.3) is 0 Å². The van der Waals surface area contributed by atoms with Crippen molar-refractivity contribution >= 4 is 17.6 Å². The van der Waals surface area contributed by atoms with Gasteiger partial charge >= 0.3 is 5.97 Å². The third-order valence-corrected chi connectivity index (χ3v) is 3.67. The van der Waals surface area contributed by atoms with Crippen molar-refractivity contribution in [3.8, 4) is 12.3 Å². The number of carboxylic acids is 1. The van der Waals surface area contributed by atoms with Crippen LogP contribution in [0.15, 0.2) is 24.3 Å². The van der Waals surface area contributed by atoms with Crippen molar-refractivity contribution in [3.63, 3.8) is 0 Å². The Labute approximate surface area is 111 Å². The normalized spacial score (nSPS) is 23.2. The Hall–Kier alpha value is -2.28. The molecule has 4 nitrogen and oxygen atoms in total. The van der Waals surface area contributed by atoms with Gasteiger partial charge in [0.15, 0.2) is 0 Å². The number of rotatable bonds is 3. The Morgan fingerprint density at radius 3 is 2.58 bits per heavy atom. The van der Waals surface area contributed by atoms with Crippen molar-refractivity contribution in [2.75, 3.05) is 5.32 Å². The largest absolute Gasteiger partial charge is 0.481 e. The molecule has 2 rings (SSSR count). The molecule has 0 unspecified atom stereocenters. The minimum Gasteiger partial charge on any atom is -0.481 e. The van der Waals surface area contributed by atoms with Crippen LogP contribution in [0.5, 0.6) is 0 Å². The summed E-state index contributed by atoms with van der Waals surface area (Å²) in [7, 11) is 0. The Bertz CT molecular complexity index is 583. The van der Waals surface area contributed by atoms with E-state index in [-0.39, 0.29) is 5.91 Å². The van der Waals surface area contributed by atoms with Crippen LogP contribution in [0.3, 0.4) is 0 Å². The summed E-state index contributed by atoms with van der Waals surface area (Å²) < 4.78 is 0. The predicted octanol–water partition coefficient (Wildman–Crippen LogP) is 1.96. The molecule has 1 fully saturated rings. The highest BCUT2D eigenvalue weighted by molar-refractivity contribution is 5.99. The third kappa shape index (κ3) is 2.32. The zero-order valence-corrected chi connectivity index (χ0v) is 10.8. The maximum Gasteiger partial charge on any atom is 0.307 e. The summed E-state index contributed by atoms with van der Waals surface area (Å²) >= 11 is 0. The molecule has 1 aromatic rings. The molecule has 0 aromatic heterocycles. The molecule has 0 bridgehead atoms. The fourth-order valence-corrected chi connectivity index (χ4v) is 2.49. The van der Waals surface area contributed by atoms with Gasteiger partial charge in [0.05, 0.1) is 11.8 Å². The van der Waals surface area contributed by atoms with Crippen LogP contribution >= 0.6 is 0 Å². The van der Waals surface area contributed by atoms with Crippen molar-refractivity contribution in [1.82, 2.24) is 0 Å². The molecule has 4 heteroatoms. The Balaban J connectivity index is 2.11. The number of hydrogen-bond acceptors (Lipinski definition) is 2. The molecule has 1 amide bonds. The number of hydrogen-bond donors (Lipinski definition) is 2. The van der Waals surface area contributed by atoms with Crippen LogP contribution in [0.25, 0.3) is 0 Å². The standard InChI is InChI=1S/C15H15NO3/c1-4-9-6-5-7-10(8-9)16-13(17)11-12(14(18)19)15(11,2)3/h1,5-8,11-12H,2-3H3,(H,16,17)(H,18,19)/t11-,12+/m1/s1. The molecule has 0 radical (unpaired) electrons. The molecule has 0 saturated heterocycles.